The van der Waals surface area contributed by atoms with E-state index in [1.54, 1.807) is 0 Å². The highest BCUT2D eigenvalue weighted by molar-refractivity contribution is 5.87. The summed E-state index contributed by atoms with van der Waals surface area (Å²) in [4.78, 5) is 33.5. The fraction of sp³-hybridized carbons (Fsp3) is 0.727. The molecule has 0 spiro atoms. The summed E-state index contributed by atoms with van der Waals surface area (Å²) in [6.45, 7) is 1.40. The minimum atomic E-state index is -1.03. The Morgan fingerprint density at radius 3 is 2.06 bits per heavy atom. The van der Waals surface area contributed by atoms with Crippen molar-refractivity contribution in [1.29, 1.82) is 0 Å². The van der Waals surface area contributed by atoms with Crippen molar-refractivity contribution >= 4 is 17.7 Å². The maximum Gasteiger partial charge on any atom is 0.307 e. The van der Waals surface area contributed by atoms with Crippen LogP contribution in [0.15, 0.2) is 0 Å². The first kappa shape index (κ1) is 11.1. The van der Waals surface area contributed by atoms with Gasteiger partial charge in [0.15, 0.2) is 0 Å². The van der Waals surface area contributed by atoms with Crippen molar-refractivity contribution in [1.82, 2.24) is 0 Å². The van der Waals surface area contributed by atoms with E-state index in [4.69, 9.17) is 10.2 Å². The summed E-state index contributed by atoms with van der Waals surface area (Å²) in [6.07, 6.45) is 1.02. The Kier molecular flexibility index (Phi) is 2.48. The molecule has 2 N–H and O–H groups in total. The lowest BCUT2D eigenvalue weighted by atomic mass is 9.72. The summed E-state index contributed by atoms with van der Waals surface area (Å²) in [5.74, 6) is -4.35. The smallest absolute Gasteiger partial charge is 0.307 e. The van der Waals surface area contributed by atoms with E-state index in [1.807, 2.05) is 0 Å². The minimum absolute atomic E-state index is 0.0512. The molecule has 0 saturated heterocycles. The molecular formula is C11H14O5. The Bertz CT molecular complexity index is 361. The van der Waals surface area contributed by atoms with Crippen LogP contribution in [-0.2, 0) is 14.4 Å². The molecule has 5 nitrogen and oxygen atoms in total. The second kappa shape index (κ2) is 3.57. The van der Waals surface area contributed by atoms with Crippen LogP contribution in [-0.4, -0.2) is 27.9 Å². The zero-order valence-electron chi connectivity index (χ0n) is 8.92. The summed E-state index contributed by atoms with van der Waals surface area (Å²) in [5.41, 5.74) is 0. The number of carbonyl (C=O) groups excluding carboxylic acids is 1. The fourth-order valence-corrected chi connectivity index (χ4v) is 3.57. The van der Waals surface area contributed by atoms with Crippen molar-refractivity contribution in [2.24, 2.45) is 29.6 Å². The van der Waals surface area contributed by atoms with Crippen molar-refractivity contribution in [3.05, 3.63) is 0 Å². The number of hydrogen-bond donors (Lipinski definition) is 2. The SMILES string of the molecule is CC(=O)C1C2CC(C(=O)O)C(C2)C1C(=O)O. The second-order valence-electron chi connectivity index (χ2n) is 4.84. The van der Waals surface area contributed by atoms with Crippen molar-refractivity contribution in [3.63, 3.8) is 0 Å². The van der Waals surface area contributed by atoms with Gasteiger partial charge in [-0.15, -0.1) is 0 Å². The molecule has 5 heteroatoms. The Morgan fingerprint density at radius 2 is 1.62 bits per heavy atom. The third kappa shape index (κ3) is 1.42. The summed E-state index contributed by atoms with van der Waals surface area (Å²) in [5, 5.41) is 18.1. The third-order valence-electron chi connectivity index (χ3n) is 4.08. The van der Waals surface area contributed by atoms with Gasteiger partial charge in [0.05, 0.1) is 11.8 Å². The zero-order valence-corrected chi connectivity index (χ0v) is 8.92. The van der Waals surface area contributed by atoms with Gasteiger partial charge in [-0.2, -0.15) is 0 Å². The lowest BCUT2D eigenvalue weighted by molar-refractivity contribution is -0.154. The number of carboxylic acid groups (broad SMARTS) is 2. The maximum atomic E-state index is 11.4. The van der Waals surface area contributed by atoms with Gasteiger partial charge in [-0.3, -0.25) is 14.4 Å². The molecule has 0 aliphatic heterocycles. The quantitative estimate of drug-likeness (QED) is 0.736. The van der Waals surface area contributed by atoms with Crippen LogP contribution < -0.4 is 0 Å². The van der Waals surface area contributed by atoms with Crippen molar-refractivity contribution in [2.75, 3.05) is 0 Å². The van der Waals surface area contributed by atoms with Gasteiger partial charge in [-0.05, 0) is 31.6 Å². The van der Waals surface area contributed by atoms with E-state index >= 15 is 0 Å². The average Bonchev–Trinajstić information content (AvgIpc) is 2.72. The molecule has 0 aromatic rings. The predicted molar refractivity (Wildman–Crippen MR) is 52.6 cm³/mol. The number of carbonyl (C=O) groups is 3. The molecule has 16 heavy (non-hydrogen) atoms. The standard InChI is InChI=1S/C11H14O5/c1-4(12)8-5-2-6(9(8)11(15)16)7(3-5)10(13)14/h5-9H,2-3H2,1H3,(H,13,14)(H,15,16). The van der Waals surface area contributed by atoms with Gasteiger partial charge in [-0.25, -0.2) is 0 Å². The van der Waals surface area contributed by atoms with Crippen LogP contribution in [0, 0.1) is 29.6 Å². The highest BCUT2D eigenvalue weighted by atomic mass is 16.4. The maximum absolute atomic E-state index is 11.4. The van der Waals surface area contributed by atoms with Crippen LogP contribution in [0.5, 0.6) is 0 Å². The first-order valence-electron chi connectivity index (χ1n) is 5.39. The Balaban J connectivity index is 2.29. The van der Waals surface area contributed by atoms with Crippen LogP contribution in [0.1, 0.15) is 19.8 Å². The number of hydrogen-bond acceptors (Lipinski definition) is 3. The van der Waals surface area contributed by atoms with Gasteiger partial charge >= 0.3 is 11.9 Å². The van der Waals surface area contributed by atoms with Crippen LogP contribution in [0.25, 0.3) is 0 Å². The first-order chi connectivity index (χ1) is 7.43. The monoisotopic (exact) mass is 226 g/mol. The lowest BCUT2D eigenvalue weighted by Crippen LogP contribution is -2.39. The number of aliphatic carboxylic acids is 2. The molecular weight excluding hydrogens is 212 g/mol. The Labute approximate surface area is 92.5 Å². The highest BCUT2D eigenvalue weighted by Gasteiger charge is 2.58. The van der Waals surface area contributed by atoms with Crippen LogP contribution in [0.4, 0.5) is 0 Å². The summed E-state index contributed by atoms with van der Waals surface area (Å²) >= 11 is 0. The minimum Gasteiger partial charge on any atom is -0.481 e. The van der Waals surface area contributed by atoms with Crippen LogP contribution in [0.2, 0.25) is 0 Å². The molecule has 0 aromatic carbocycles. The van der Waals surface area contributed by atoms with Crippen molar-refractivity contribution in [3.8, 4) is 0 Å². The number of rotatable bonds is 3. The Hall–Kier alpha value is -1.39. The Morgan fingerprint density at radius 1 is 1.00 bits per heavy atom. The third-order valence-corrected chi connectivity index (χ3v) is 4.08. The molecule has 2 fully saturated rings. The first-order valence-corrected chi connectivity index (χ1v) is 5.39. The van der Waals surface area contributed by atoms with E-state index in [1.165, 1.54) is 6.92 Å². The molecule has 0 radical (unpaired) electrons. The van der Waals surface area contributed by atoms with Gasteiger partial charge in [0.1, 0.15) is 5.78 Å². The normalized spacial score (nSPS) is 40.9. The summed E-state index contributed by atoms with van der Waals surface area (Å²) in [6, 6.07) is 0. The number of carboxylic acids is 2. The number of Topliss-reactive ketones (excluding diaryl/α,β-unsaturated/α-hetero) is 1. The molecule has 2 rings (SSSR count). The van der Waals surface area contributed by atoms with Crippen molar-refractivity contribution in [2.45, 2.75) is 19.8 Å². The molecule has 2 aliphatic carbocycles. The van der Waals surface area contributed by atoms with E-state index in [0.717, 1.165) is 0 Å². The summed E-state index contributed by atoms with van der Waals surface area (Å²) < 4.78 is 0. The summed E-state index contributed by atoms with van der Waals surface area (Å²) in [7, 11) is 0. The predicted octanol–water partition coefficient (Wildman–Crippen LogP) is 0.633. The van der Waals surface area contributed by atoms with E-state index in [-0.39, 0.29) is 17.6 Å². The topological polar surface area (TPSA) is 91.7 Å². The zero-order chi connectivity index (χ0) is 12.0. The molecule has 2 saturated carbocycles. The van der Waals surface area contributed by atoms with Gasteiger partial charge in [0.2, 0.25) is 0 Å². The van der Waals surface area contributed by atoms with Gasteiger partial charge in [0, 0.05) is 5.92 Å². The molecule has 0 heterocycles. The van der Waals surface area contributed by atoms with E-state index in [2.05, 4.69) is 0 Å². The highest BCUT2D eigenvalue weighted by Crippen LogP contribution is 2.55. The fourth-order valence-electron chi connectivity index (χ4n) is 3.57. The average molecular weight is 226 g/mol. The molecule has 0 amide bonds. The largest absolute Gasteiger partial charge is 0.481 e. The van der Waals surface area contributed by atoms with E-state index < -0.39 is 29.7 Å². The van der Waals surface area contributed by atoms with Crippen LogP contribution >= 0.6 is 0 Å². The molecule has 2 aliphatic rings. The molecule has 2 bridgehead atoms. The van der Waals surface area contributed by atoms with E-state index in [9.17, 15) is 14.4 Å². The molecule has 5 atom stereocenters. The number of fused-ring (bicyclic) bond motifs is 2. The van der Waals surface area contributed by atoms with Gasteiger partial charge in [-0.1, -0.05) is 0 Å². The lowest BCUT2D eigenvalue weighted by Gasteiger charge is -2.29. The van der Waals surface area contributed by atoms with Crippen molar-refractivity contribution < 1.29 is 24.6 Å². The molecule has 0 aromatic heterocycles. The number of ketones is 1. The van der Waals surface area contributed by atoms with Gasteiger partial charge < -0.3 is 10.2 Å². The van der Waals surface area contributed by atoms with Crippen LogP contribution in [0.3, 0.4) is 0 Å². The second-order valence-corrected chi connectivity index (χ2v) is 4.84. The van der Waals surface area contributed by atoms with Gasteiger partial charge in [0.25, 0.3) is 0 Å². The molecule has 5 unspecified atom stereocenters. The molecule has 88 valence electrons. The van der Waals surface area contributed by atoms with E-state index in [0.29, 0.717) is 12.8 Å².